The van der Waals surface area contributed by atoms with Gasteiger partial charge in [-0.25, -0.2) is 0 Å². The minimum Gasteiger partial charge on any atom is -0.481 e. The number of rotatable bonds is 3. The monoisotopic (exact) mass is 366 g/mol. The maximum atomic E-state index is 12.1. The summed E-state index contributed by atoms with van der Waals surface area (Å²) in [5.41, 5.74) is -0.417. The fourth-order valence-corrected chi connectivity index (χ4v) is 8.99. The van der Waals surface area contributed by atoms with Crippen LogP contribution in [0.2, 0.25) is 0 Å². The Hall–Kier alpha value is -0.220. The topological polar surface area (TPSA) is 57.5 Å². The van der Waals surface area contributed by atoms with Crippen LogP contribution in [0.5, 0.6) is 0 Å². The van der Waals surface area contributed by atoms with Gasteiger partial charge in [0.25, 0.3) is 0 Å². The molecule has 0 amide bonds. The van der Waals surface area contributed by atoms with Crippen molar-refractivity contribution in [1.29, 1.82) is 0 Å². The first-order valence-corrected chi connectivity index (χ1v) is 11.6. The smallest absolute Gasteiger partial charge is 0.309 e. The molecular weight excluding hydrogens is 332 g/mol. The first-order valence-electron chi connectivity index (χ1n) is 10.2. The summed E-state index contributed by atoms with van der Waals surface area (Å²) in [5.74, 6) is 2.36. The maximum Gasteiger partial charge on any atom is 0.309 e. The van der Waals surface area contributed by atoms with Gasteiger partial charge < -0.3 is 10.2 Å². The lowest BCUT2D eigenvalue weighted by atomic mass is 9.35. The van der Waals surface area contributed by atoms with Crippen molar-refractivity contribution < 1.29 is 15.0 Å². The van der Waals surface area contributed by atoms with Crippen molar-refractivity contribution in [2.24, 2.45) is 39.9 Å². The van der Waals surface area contributed by atoms with Crippen LogP contribution in [-0.4, -0.2) is 34.3 Å². The zero-order chi connectivity index (χ0) is 18.0. The zero-order valence-electron chi connectivity index (χ0n) is 16.0. The summed E-state index contributed by atoms with van der Waals surface area (Å²) in [5, 5.41) is 21.4. The van der Waals surface area contributed by atoms with Gasteiger partial charge in [0, 0.05) is 0 Å². The highest BCUT2D eigenvalue weighted by Gasteiger charge is 2.68. The molecule has 0 aromatic rings. The molecule has 0 aliphatic heterocycles. The van der Waals surface area contributed by atoms with Crippen molar-refractivity contribution >= 4 is 17.7 Å². The van der Waals surface area contributed by atoms with Crippen LogP contribution >= 0.6 is 11.8 Å². The number of hydrogen-bond donors (Lipinski definition) is 2. The lowest BCUT2D eigenvalue weighted by Crippen LogP contribution is -2.67. The lowest BCUT2D eigenvalue weighted by molar-refractivity contribution is -0.241. The Morgan fingerprint density at radius 3 is 2.52 bits per heavy atom. The molecule has 2 N–H and O–H groups in total. The van der Waals surface area contributed by atoms with E-state index < -0.39 is 11.4 Å². The molecule has 5 fully saturated rings. The van der Waals surface area contributed by atoms with E-state index in [1.165, 1.54) is 19.3 Å². The minimum absolute atomic E-state index is 0.0666. The molecule has 0 radical (unpaired) electrons. The van der Waals surface area contributed by atoms with Crippen LogP contribution in [0.4, 0.5) is 0 Å². The van der Waals surface area contributed by atoms with Crippen LogP contribution in [-0.2, 0) is 4.79 Å². The third-order valence-corrected chi connectivity index (χ3v) is 10.1. The molecule has 0 saturated heterocycles. The summed E-state index contributed by atoms with van der Waals surface area (Å²) in [7, 11) is 0. The van der Waals surface area contributed by atoms with E-state index in [0.717, 1.165) is 37.9 Å². The second-order valence-electron chi connectivity index (χ2n) is 10.1. The highest BCUT2D eigenvalue weighted by atomic mass is 32.2. The molecule has 5 saturated carbocycles. The Morgan fingerprint density at radius 2 is 1.84 bits per heavy atom. The van der Waals surface area contributed by atoms with Crippen molar-refractivity contribution in [3.8, 4) is 0 Å². The van der Waals surface area contributed by atoms with Crippen molar-refractivity contribution in [3.63, 3.8) is 0 Å². The molecule has 0 aromatic carbocycles. The second kappa shape index (κ2) is 5.89. The van der Waals surface area contributed by atoms with E-state index in [9.17, 15) is 15.0 Å². The van der Waals surface area contributed by atoms with Gasteiger partial charge in [-0.2, -0.15) is 11.8 Å². The Balaban J connectivity index is 1.72. The highest BCUT2D eigenvalue weighted by Crippen LogP contribution is 2.72. The van der Waals surface area contributed by atoms with E-state index in [1.807, 2.05) is 18.7 Å². The summed E-state index contributed by atoms with van der Waals surface area (Å²) in [6.07, 6.45) is 10.7. The van der Waals surface area contributed by atoms with Crippen LogP contribution in [0.25, 0.3) is 0 Å². The maximum absolute atomic E-state index is 12.1. The number of fused-ring (bicyclic) bond motifs is 3. The molecule has 8 atom stereocenters. The molecule has 0 aromatic heterocycles. The van der Waals surface area contributed by atoms with Crippen molar-refractivity contribution in [2.45, 2.75) is 71.3 Å². The Morgan fingerprint density at radius 1 is 1.12 bits per heavy atom. The van der Waals surface area contributed by atoms with E-state index in [-0.39, 0.29) is 22.9 Å². The van der Waals surface area contributed by atoms with Crippen molar-refractivity contribution in [2.75, 3.05) is 12.0 Å². The SMILES string of the molecule is CSC[C@@H]1[C@@H]2CC[C@@]3(CC[C@H]4[C@@](C)(CCC[C@@]4(C)C(=O)O)[C@@H]3C2)[C@@H]1O. The average molecular weight is 367 g/mol. The molecule has 4 heteroatoms. The predicted octanol–water partition coefficient (Wildman–Crippen LogP) is 4.43. The second-order valence-corrected chi connectivity index (χ2v) is 11.0. The number of aliphatic hydroxyl groups is 1. The largest absolute Gasteiger partial charge is 0.481 e. The number of aliphatic carboxylic acids is 1. The molecule has 1 spiro atoms. The zero-order valence-corrected chi connectivity index (χ0v) is 16.8. The van der Waals surface area contributed by atoms with E-state index in [4.69, 9.17) is 0 Å². The first-order chi connectivity index (χ1) is 11.8. The van der Waals surface area contributed by atoms with Crippen LogP contribution in [0.1, 0.15) is 65.2 Å². The number of hydrogen-bond acceptors (Lipinski definition) is 3. The van der Waals surface area contributed by atoms with Gasteiger partial charge in [-0.1, -0.05) is 13.3 Å². The Kier molecular flexibility index (Phi) is 4.28. The van der Waals surface area contributed by atoms with E-state index in [2.05, 4.69) is 13.2 Å². The summed E-state index contributed by atoms with van der Waals surface area (Å²) < 4.78 is 0. The van der Waals surface area contributed by atoms with Crippen LogP contribution in [0.15, 0.2) is 0 Å². The molecule has 25 heavy (non-hydrogen) atoms. The summed E-state index contributed by atoms with van der Waals surface area (Å²) in [6, 6.07) is 0. The molecule has 3 nitrogen and oxygen atoms in total. The average Bonchev–Trinajstić information content (AvgIpc) is 2.57. The standard InChI is InChI=1S/C21H34O3S/c1-19-7-4-8-20(2,18(23)24)15(19)6-10-21-9-5-13(11-16(19)21)14(12-25-3)17(21)22/h13-17,22H,4-12H2,1-3H3,(H,23,24)/t13-,14-,15+,16+,17-,19-,20-,21+/m1/s1. The number of aliphatic hydroxyl groups excluding tert-OH is 1. The summed E-state index contributed by atoms with van der Waals surface area (Å²) >= 11 is 1.88. The first kappa shape index (κ1) is 18.2. The van der Waals surface area contributed by atoms with E-state index >= 15 is 0 Å². The fraction of sp³-hybridized carbons (Fsp3) is 0.952. The van der Waals surface area contributed by atoms with Gasteiger partial charge in [0.1, 0.15) is 0 Å². The van der Waals surface area contributed by atoms with Crippen LogP contribution < -0.4 is 0 Å². The molecule has 5 rings (SSSR count). The highest BCUT2D eigenvalue weighted by molar-refractivity contribution is 7.98. The van der Waals surface area contributed by atoms with Crippen molar-refractivity contribution in [3.05, 3.63) is 0 Å². The normalized spacial score (nSPS) is 54.6. The van der Waals surface area contributed by atoms with Crippen LogP contribution in [0.3, 0.4) is 0 Å². The third-order valence-electron chi connectivity index (χ3n) is 9.33. The van der Waals surface area contributed by atoms with E-state index in [0.29, 0.717) is 17.8 Å². The number of carboxylic acid groups (broad SMARTS) is 1. The molecule has 0 unspecified atom stereocenters. The molecule has 5 aliphatic carbocycles. The Bertz CT molecular complexity index is 565. The summed E-state index contributed by atoms with van der Waals surface area (Å²) in [6.45, 7) is 4.39. The fourth-order valence-electron chi connectivity index (χ4n) is 8.15. The number of carboxylic acids is 1. The van der Waals surface area contributed by atoms with Gasteiger partial charge in [0.05, 0.1) is 11.5 Å². The minimum atomic E-state index is -0.596. The van der Waals surface area contributed by atoms with Gasteiger partial charge in [-0.3, -0.25) is 4.79 Å². The van der Waals surface area contributed by atoms with Gasteiger partial charge >= 0.3 is 5.97 Å². The number of carbonyl (C=O) groups is 1. The third kappa shape index (κ3) is 2.25. The van der Waals surface area contributed by atoms with Gasteiger partial charge in [0.15, 0.2) is 0 Å². The van der Waals surface area contributed by atoms with Crippen molar-refractivity contribution in [1.82, 2.24) is 0 Å². The number of thioether (sulfide) groups is 1. The molecule has 142 valence electrons. The van der Waals surface area contributed by atoms with E-state index in [1.54, 1.807) is 0 Å². The predicted molar refractivity (Wildman–Crippen MR) is 102 cm³/mol. The van der Waals surface area contributed by atoms with Gasteiger partial charge in [0.2, 0.25) is 0 Å². The van der Waals surface area contributed by atoms with Gasteiger partial charge in [-0.05, 0) is 98.4 Å². The molecule has 2 bridgehead atoms. The lowest BCUT2D eigenvalue weighted by Gasteiger charge is -2.70. The Labute approximate surface area is 156 Å². The van der Waals surface area contributed by atoms with Crippen LogP contribution in [0, 0.1) is 39.9 Å². The summed E-state index contributed by atoms with van der Waals surface area (Å²) in [4.78, 5) is 12.1. The molecule has 0 heterocycles. The molecule has 5 aliphatic rings. The quantitative estimate of drug-likeness (QED) is 0.775. The molecular formula is C21H34O3S. The van der Waals surface area contributed by atoms with Gasteiger partial charge in [-0.15, -0.1) is 0 Å².